The van der Waals surface area contributed by atoms with Crippen LogP contribution < -0.4 is 10.1 Å². The third-order valence-corrected chi connectivity index (χ3v) is 4.49. The van der Waals surface area contributed by atoms with E-state index >= 15 is 0 Å². The summed E-state index contributed by atoms with van der Waals surface area (Å²) >= 11 is 0. The minimum Gasteiger partial charge on any atom is -0.496 e. The van der Waals surface area contributed by atoms with E-state index in [9.17, 15) is 13.2 Å². The molecule has 24 heavy (non-hydrogen) atoms. The molecule has 1 aliphatic carbocycles. The van der Waals surface area contributed by atoms with Crippen LogP contribution in [0.15, 0.2) is 18.2 Å². The molecule has 1 aliphatic heterocycles. The predicted molar refractivity (Wildman–Crippen MR) is 92.4 cm³/mol. The highest BCUT2D eigenvalue weighted by Crippen LogP contribution is 2.47. The first-order valence-corrected chi connectivity index (χ1v) is 7.70. The van der Waals surface area contributed by atoms with Crippen molar-refractivity contribution in [1.82, 2.24) is 10.2 Å². The average Bonchev–Trinajstić information content (AvgIpc) is 3.32. The molecule has 138 valence electrons. The van der Waals surface area contributed by atoms with E-state index in [1.54, 1.807) is 6.07 Å². The van der Waals surface area contributed by atoms with Crippen molar-refractivity contribution in [3.8, 4) is 5.75 Å². The van der Waals surface area contributed by atoms with Gasteiger partial charge in [-0.25, -0.2) is 0 Å². The second-order valence-corrected chi connectivity index (χ2v) is 6.02. The van der Waals surface area contributed by atoms with Crippen molar-refractivity contribution >= 4 is 24.8 Å². The lowest BCUT2D eigenvalue weighted by atomic mass is 9.97. The molecule has 0 spiro atoms. The lowest BCUT2D eigenvalue weighted by Gasteiger charge is -2.36. The molecule has 1 saturated carbocycles. The summed E-state index contributed by atoms with van der Waals surface area (Å²) in [5, 5.41) is 3.32. The molecule has 1 heterocycles. The summed E-state index contributed by atoms with van der Waals surface area (Å²) in [6.07, 6.45) is -2.06. The lowest BCUT2D eigenvalue weighted by molar-refractivity contribution is -0.137. The highest BCUT2D eigenvalue weighted by molar-refractivity contribution is 5.85. The first kappa shape index (κ1) is 21.4. The molecule has 8 heteroatoms. The zero-order chi connectivity index (χ0) is 15.7. The van der Waals surface area contributed by atoms with E-state index in [1.165, 1.54) is 13.2 Å². The lowest BCUT2D eigenvalue weighted by Crippen LogP contribution is -2.45. The monoisotopic (exact) mass is 386 g/mol. The van der Waals surface area contributed by atoms with Gasteiger partial charge in [0.1, 0.15) is 5.75 Å². The van der Waals surface area contributed by atoms with Crippen molar-refractivity contribution in [2.75, 3.05) is 33.3 Å². The van der Waals surface area contributed by atoms with Crippen LogP contribution in [0, 0.1) is 5.92 Å². The second-order valence-electron chi connectivity index (χ2n) is 6.02. The number of rotatable bonds is 4. The zero-order valence-corrected chi connectivity index (χ0v) is 15.1. The number of nitrogens with zero attached hydrogens (tertiary/aromatic N) is 1. The summed E-state index contributed by atoms with van der Waals surface area (Å²) in [7, 11) is 1.45. The summed E-state index contributed by atoms with van der Waals surface area (Å²) < 4.78 is 44.0. The van der Waals surface area contributed by atoms with Crippen molar-refractivity contribution < 1.29 is 17.9 Å². The van der Waals surface area contributed by atoms with Crippen LogP contribution in [0.25, 0.3) is 0 Å². The number of hydrogen-bond donors (Lipinski definition) is 1. The fourth-order valence-corrected chi connectivity index (χ4v) is 3.25. The van der Waals surface area contributed by atoms with Crippen LogP contribution in [-0.2, 0) is 6.18 Å². The van der Waals surface area contributed by atoms with Gasteiger partial charge in [0.2, 0.25) is 0 Å². The van der Waals surface area contributed by atoms with Crippen LogP contribution in [0.4, 0.5) is 13.2 Å². The minimum absolute atomic E-state index is 0. The highest BCUT2D eigenvalue weighted by atomic mass is 35.5. The van der Waals surface area contributed by atoms with Gasteiger partial charge in [0, 0.05) is 37.8 Å². The maximum Gasteiger partial charge on any atom is 0.416 e. The van der Waals surface area contributed by atoms with Gasteiger partial charge in [-0.05, 0) is 30.9 Å². The number of ether oxygens (including phenoxy) is 1. The van der Waals surface area contributed by atoms with Gasteiger partial charge in [-0.15, -0.1) is 24.8 Å². The molecular formula is C16H23Cl2F3N2O. The van der Waals surface area contributed by atoms with Gasteiger partial charge < -0.3 is 10.1 Å². The Kier molecular flexibility index (Phi) is 7.66. The Morgan fingerprint density at radius 1 is 1.17 bits per heavy atom. The van der Waals surface area contributed by atoms with Crippen LogP contribution in [0.3, 0.4) is 0 Å². The predicted octanol–water partition coefficient (Wildman–Crippen LogP) is 3.91. The van der Waals surface area contributed by atoms with Crippen LogP contribution >= 0.6 is 24.8 Å². The maximum atomic E-state index is 12.9. The topological polar surface area (TPSA) is 24.5 Å². The van der Waals surface area contributed by atoms with Crippen LogP contribution in [0.5, 0.6) is 5.75 Å². The number of halogens is 5. The molecule has 1 aromatic rings. The summed E-state index contributed by atoms with van der Waals surface area (Å²) in [5.74, 6) is 0.883. The second kappa shape index (κ2) is 8.61. The standard InChI is InChI=1S/C16H21F3N2O.2ClH/c1-22-14-10-12(16(17,18)19)4-5-13(14)15(11-2-3-11)21-8-6-20-7-9-21;;/h4-5,10-11,15,20H,2-3,6-9H2,1H3;2*1H/t15-;;/m0../s1. The van der Waals surface area contributed by atoms with Gasteiger partial charge >= 0.3 is 6.18 Å². The molecule has 1 atom stereocenters. The number of hydrogen-bond acceptors (Lipinski definition) is 3. The summed E-state index contributed by atoms with van der Waals surface area (Å²) in [6, 6.07) is 4.08. The van der Waals surface area contributed by atoms with Crippen molar-refractivity contribution in [2.45, 2.75) is 25.1 Å². The Hall–Kier alpha value is -0.690. The van der Waals surface area contributed by atoms with Gasteiger partial charge in [-0.3, -0.25) is 4.90 Å². The van der Waals surface area contributed by atoms with Crippen molar-refractivity contribution in [1.29, 1.82) is 0 Å². The van der Waals surface area contributed by atoms with Gasteiger partial charge in [0.15, 0.2) is 0 Å². The zero-order valence-electron chi connectivity index (χ0n) is 13.4. The van der Waals surface area contributed by atoms with Gasteiger partial charge in [0.05, 0.1) is 12.7 Å². The van der Waals surface area contributed by atoms with E-state index in [0.717, 1.165) is 50.7 Å². The third kappa shape index (κ3) is 4.69. The number of benzene rings is 1. The molecule has 0 aromatic heterocycles. The van der Waals surface area contributed by atoms with Crippen molar-refractivity contribution in [2.24, 2.45) is 5.92 Å². The Bertz CT molecular complexity index is 533. The molecule has 0 radical (unpaired) electrons. The Balaban J connectivity index is 0.00000144. The molecule has 1 saturated heterocycles. The fraction of sp³-hybridized carbons (Fsp3) is 0.625. The maximum absolute atomic E-state index is 12.9. The molecule has 0 amide bonds. The highest BCUT2D eigenvalue weighted by Gasteiger charge is 2.39. The SMILES string of the molecule is COc1cc(C(F)(F)F)ccc1[C@H](C1CC1)N1CCNCC1.Cl.Cl. The Morgan fingerprint density at radius 2 is 1.79 bits per heavy atom. The first-order valence-electron chi connectivity index (χ1n) is 7.70. The van der Waals surface area contributed by atoms with Gasteiger partial charge in [0.25, 0.3) is 0 Å². The quantitative estimate of drug-likeness (QED) is 0.848. The van der Waals surface area contributed by atoms with Crippen LogP contribution in [-0.4, -0.2) is 38.2 Å². The smallest absolute Gasteiger partial charge is 0.416 e. The normalized spacial score (nSPS) is 19.8. The number of nitrogens with one attached hydrogen (secondary N) is 1. The van der Waals surface area contributed by atoms with Crippen LogP contribution in [0.2, 0.25) is 0 Å². The largest absolute Gasteiger partial charge is 0.496 e. The molecule has 0 unspecified atom stereocenters. The van der Waals surface area contributed by atoms with Gasteiger partial charge in [-0.1, -0.05) is 6.07 Å². The van der Waals surface area contributed by atoms with Crippen molar-refractivity contribution in [3.05, 3.63) is 29.3 Å². The molecular weight excluding hydrogens is 364 g/mol. The van der Waals surface area contributed by atoms with Gasteiger partial charge in [-0.2, -0.15) is 13.2 Å². The van der Waals surface area contributed by atoms with E-state index in [1.807, 2.05) is 0 Å². The molecule has 1 N–H and O–H groups in total. The fourth-order valence-electron chi connectivity index (χ4n) is 3.25. The molecule has 2 fully saturated rings. The van der Waals surface area contributed by atoms with Crippen molar-refractivity contribution in [3.63, 3.8) is 0 Å². The van der Waals surface area contributed by atoms with E-state index in [0.29, 0.717) is 11.7 Å². The molecule has 1 aromatic carbocycles. The first-order chi connectivity index (χ1) is 10.5. The molecule has 2 aliphatic rings. The summed E-state index contributed by atoms with van der Waals surface area (Å²) in [5.41, 5.74) is 0.239. The van der Waals surface area contributed by atoms with E-state index < -0.39 is 11.7 Å². The minimum atomic E-state index is -4.34. The third-order valence-electron chi connectivity index (χ3n) is 4.49. The van der Waals surface area contributed by atoms with E-state index in [-0.39, 0.29) is 30.9 Å². The van der Waals surface area contributed by atoms with Crippen LogP contribution in [0.1, 0.15) is 30.0 Å². The number of alkyl halides is 3. The number of methoxy groups -OCH3 is 1. The average molecular weight is 387 g/mol. The Labute approximate surface area is 152 Å². The number of piperazine rings is 1. The Morgan fingerprint density at radius 3 is 2.29 bits per heavy atom. The summed E-state index contributed by atoms with van der Waals surface area (Å²) in [6.45, 7) is 3.69. The molecule has 0 bridgehead atoms. The molecule has 3 nitrogen and oxygen atoms in total. The van der Waals surface area contributed by atoms with E-state index in [4.69, 9.17) is 4.74 Å². The summed E-state index contributed by atoms with van der Waals surface area (Å²) in [4.78, 5) is 2.37. The molecule has 3 rings (SSSR count). The van der Waals surface area contributed by atoms with E-state index in [2.05, 4.69) is 10.2 Å².